The average Bonchev–Trinajstić information content (AvgIpc) is 3.24. The molecule has 0 aliphatic carbocycles. The number of benzene rings is 3. The van der Waals surface area contributed by atoms with E-state index in [1.54, 1.807) is 0 Å². The summed E-state index contributed by atoms with van der Waals surface area (Å²) < 4.78 is 1.99. The van der Waals surface area contributed by atoms with E-state index in [1.165, 1.54) is 0 Å². The van der Waals surface area contributed by atoms with Crippen LogP contribution in [0.4, 0.5) is 0 Å². The first-order valence-electron chi connectivity index (χ1n) is 10.9. The number of aromatic nitrogens is 2. The Morgan fingerprint density at radius 3 is 2.12 bits per heavy atom. The van der Waals surface area contributed by atoms with Gasteiger partial charge in [-0.15, -0.1) is 0 Å². The lowest BCUT2D eigenvalue weighted by Crippen LogP contribution is -2.30. The molecule has 1 aromatic heterocycles. The molecule has 32 heavy (non-hydrogen) atoms. The van der Waals surface area contributed by atoms with E-state index in [0.29, 0.717) is 23.0 Å². The summed E-state index contributed by atoms with van der Waals surface area (Å²) in [5, 5.41) is 3.88. The van der Waals surface area contributed by atoms with Gasteiger partial charge in [-0.2, -0.15) is 0 Å². The summed E-state index contributed by atoms with van der Waals surface area (Å²) in [6, 6.07) is 27.4. The van der Waals surface area contributed by atoms with Gasteiger partial charge in [-0.1, -0.05) is 91.3 Å². The van der Waals surface area contributed by atoms with Gasteiger partial charge in [-0.3, -0.25) is 4.79 Å². The highest BCUT2D eigenvalue weighted by Crippen LogP contribution is 2.31. The number of halogens is 1. The minimum atomic E-state index is -0.137. The van der Waals surface area contributed by atoms with Crippen LogP contribution in [0.2, 0.25) is 5.02 Å². The predicted molar refractivity (Wildman–Crippen MR) is 131 cm³/mol. The quantitative estimate of drug-likeness (QED) is 0.342. The topological polar surface area (TPSA) is 46.9 Å². The lowest BCUT2D eigenvalue weighted by Gasteiger charge is -2.19. The molecule has 3 aromatic carbocycles. The number of carbonyl (C=O) groups is 1. The first-order chi connectivity index (χ1) is 15.6. The summed E-state index contributed by atoms with van der Waals surface area (Å²) in [5.74, 6) is 0.637. The van der Waals surface area contributed by atoms with Gasteiger partial charge in [0.05, 0.1) is 6.04 Å². The molecule has 0 saturated carbocycles. The number of hydrogen-bond donors (Lipinski definition) is 1. The van der Waals surface area contributed by atoms with E-state index in [-0.39, 0.29) is 11.9 Å². The molecule has 0 aliphatic heterocycles. The molecule has 1 atom stereocenters. The van der Waals surface area contributed by atoms with Gasteiger partial charge in [-0.05, 0) is 31.0 Å². The van der Waals surface area contributed by atoms with Crippen LogP contribution in [-0.4, -0.2) is 15.5 Å². The van der Waals surface area contributed by atoms with E-state index in [1.807, 2.05) is 96.4 Å². The van der Waals surface area contributed by atoms with Crippen LogP contribution in [0.1, 0.15) is 42.4 Å². The third-order valence-electron chi connectivity index (χ3n) is 5.56. The zero-order chi connectivity index (χ0) is 22.5. The Labute approximate surface area is 193 Å². The number of nitrogens with one attached hydrogen (secondary N) is 1. The Bertz CT molecular complexity index is 1190. The molecule has 1 heterocycles. The fourth-order valence-corrected chi connectivity index (χ4v) is 4.07. The number of rotatable bonds is 7. The van der Waals surface area contributed by atoms with Crippen LogP contribution >= 0.6 is 11.6 Å². The van der Waals surface area contributed by atoms with Crippen LogP contribution < -0.4 is 5.32 Å². The molecule has 0 radical (unpaired) electrons. The largest absolute Gasteiger partial charge is 0.344 e. The van der Waals surface area contributed by atoms with Crippen molar-refractivity contribution in [3.8, 4) is 22.6 Å². The van der Waals surface area contributed by atoms with Crippen molar-refractivity contribution < 1.29 is 4.79 Å². The summed E-state index contributed by atoms with van der Waals surface area (Å²) in [6.45, 7) is 4.73. The number of nitrogens with zero attached hydrogens (tertiary/aromatic N) is 2. The second kappa shape index (κ2) is 9.84. The molecule has 0 aliphatic rings. The highest BCUT2D eigenvalue weighted by atomic mass is 35.5. The fraction of sp³-hybridized carbons (Fsp3) is 0.185. The summed E-state index contributed by atoms with van der Waals surface area (Å²) in [6.07, 6.45) is 0.790. The van der Waals surface area contributed by atoms with E-state index in [9.17, 15) is 4.79 Å². The second-order valence-electron chi connectivity index (χ2n) is 7.59. The maximum absolute atomic E-state index is 13.7. The summed E-state index contributed by atoms with van der Waals surface area (Å²) >= 11 is 6.11. The lowest BCUT2D eigenvalue weighted by molar-refractivity contribution is 0.0927. The first-order valence-corrected chi connectivity index (χ1v) is 11.3. The van der Waals surface area contributed by atoms with Gasteiger partial charge in [-0.25, -0.2) is 4.98 Å². The van der Waals surface area contributed by atoms with Gasteiger partial charge >= 0.3 is 0 Å². The number of imidazole rings is 1. The highest BCUT2D eigenvalue weighted by molar-refractivity contribution is 6.30. The van der Waals surface area contributed by atoms with Gasteiger partial charge in [0.1, 0.15) is 17.2 Å². The molecule has 4 nitrogen and oxygen atoms in total. The van der Waals surface area contributed by atoms with Gasteiger partial charge in [0.2, 0.25) is 0 Å². The predicted octanol–water partition coefficient (Wildman–Crippen LogP) is 6.77. The molecule has 0 spiro atoms. The summed E-state index contributed by atoms with van der Waals surface area (Å²) in [5.41, 5.74) is 4.13. The molecular formula is C27H26ClN3O. The molecule has 0 saturated heterocycles. The molecular weight excluding hydrogens is 418 g/mol. The minimum absolute atomic E-state index is 0.0813. The number of amides is 1. The smallest absolute Gasteiger partial charge is 0.270 e. The SMILES string of the molecule is CCC(NC(=O)c1c(-c2ccc(Cl)cc2)nc(-c2ccccc2)n1CC)c1ccccc1. The molecule has 1 N–H and O–H groups in total. The Morgan fingerprint density at radius 2 is 1.53 bits per heavy atom. The minimum Gasteiger partial charge on any atom is -0.344 e. The first kappa shape index (κ1) is 21.8. The van der Waals surface area contributed by atoms with Crippen LogP contribution in [-0.2, 0) is 6.54 Å². The average molecular weight is 444 g/mol. The zero-order valence-corrected chi connectivity index (χ0v) is 19.0. The maximum atomic E-state index is 13.7. The van der Waals surface area contributed by atoms with E-state index >= 15 is 0 Å². The highest BCUT2D eigenvalue weighted by Gasteiger charge is 2.26. The van der Waals surface area contributed by atoms with E-state index in [0.717, 1.165) is 28.9 Å². The maximum Gasteiger partial charge on any atom is 0.270 e. The Kier molecular flexibility index (Phi) is 6.72. The van der Waals surface area contributed by atoms with Crippen molar-refractivity contribution in [1.29, 1.82) is 0 Å². The van der Waals surface area contributed by atoms with Crippen molar-refractivity contribution in [2.45, 2.75) is 32.9 Å². The van der Waals surface area contributed by atoms with Crippen LogP contribution in [0.3, 0.4) is 0 Å². The molecule has 4 rings (SSSR count). The number of hydrogen-bond acceptors (Lipinski definition) is 2. The van der Waals surface area contributed by atoms with E-state index < -0.39 is 0 Å². The summed E-state index contributed by atoms with van der Waals surface area (Å²) in [7, 11) is 0. The van der Waals surface area contributed by atoms with Crippen molar-refractivity contribution in [3.05, 3.63) is 101 Å². The zero-order valence-electron chi connectivity index (χ0n) is 18.3. The van der Waals surface area contributed by atoms with Crippen molar-refractivity contribution in [2.75, 3.05) is 0 Å². The van der Waals surface area contributed by atoms with Gasteiger partial charge in [0.25, 0.3) is 5.91 Å². The van der Waals surface area contributed by atoms with Crippen molar-refractivity contribution >= 4 is 17.5 Å². The molecule has 4 aromatic rings. The molecule has 1 unspecified atom stereocenters. The normalized spacial score (nSPS) is 11.8. The Hall–Kier alpha value is -3.37. The molecule has 0 bridgehead atoms. The van der Waals surface area contributed by atoms with Gasteiger partial charge in [0, 0.05) is 22.7 Å². The van der Waals surface area contributed by atoms with E-state index in [4.69, 9.17) is 16.6 Å². The lowest BCUT2D eigenvalue weighted by atomic mass is 10.0. The van der Waals surface area contributed by atoms with E-state index in [2.05, 4.69) is 12.2 Å². The van der Waals surface area contributed by atoms with Crippen molar-refractivity contribution in [2.24, 2.45) is 0 Å². The van der Waals surface area contributed by atoms with Crippen molar-refractivity contribution in [3.63, 3.8) is 0 Å². The fourth-order valence-electron chi connectivity index (χ4n) is 3.94. The van der Waals surface area contributed by atoms with Crippen LogP contribution in [0.25, 0.3) is 22.6 Å². The monoisotopic (exact) mass is 443 g/mol. The molecule has 162 valence electrons. The third-order valence-corrected chi connectivity index (χ3v) is 5.82. The van der Waals surface area contributed by atoms with Gasteiger partial charge < -0.3 is 9.88 Å². The molecule has 5 heteroatoms. The Balaban J connectivity index is 1.82. The molecule has 0 fully saturated rings. The van der Waals surface area contributed by atoms with Crippen molar-refractivity contribution in [1.82, 2.24) is 14.9 Å². The Morgan fingerprint density at radius 1 is 0.906 bits per heavy atom. The van der Waals surface area contributed by atoms with Crippen LogP contribution in [0.5, 0.6) is 0 Å². The number of carbonyl (C=O) groups excluding carboxylic acids is 1. The summed E-state index contributed by atoms with van der Waals surface area (Å²) in [4.78, 5) is 18.6. The van der Waals surface area contributed by atoms with Crippen LogP contribution in [0, 0.1) is 0 Å². The second-order valence-corrected chi connectivity index (χ2v) is 8.03. The standard InChI is InChI=1S/C27H26ClN3O/c1-3-23(19-11-7-5-8-12-19)29-27(32)25-24(20-15-17-22(28)18-16-20)30-26(31(25)4-2)21-13-9-6-10-14-21/h5-18,23H,3-4H2,1-2H3,(H,29,32). The molecule has 1 amide bonds. The van der Waals surface area contributed by atoms with Crippen LogP contribution in [0.15, 0.2) is 84.9 Å². The third kappa shape index (κ3) is 4.46. The van der Waals surface area contributed by atoms with Gasteiger partial charge in [0.15, 0.2) is 0 Å².